The molecule has 36 heavy (non-hydrogen) atoms. The zero-order valence-corrected chi connectivity index (χ0v) is 19.7. The van der Waals surface area contributed by atoms with E-state index >= 15 is 0 Å². The van der Waals surface area contributed by atoms with Crippen LogP contribution < -0.4 is 15.2 Å². The van der Waals surface area contributed by atoms with Gasteiger partial charge in [0, 0.05) is 6.07 Å². The van der Waals surface area contributed by atoms with Crippen molar-refractivity contribution in [3.8, 4) is 23.2 Å². The number of fused-ring (bicyclic) bond motifs is 1. The fourth-order valence-electron chi connectivity index (χ4n) is 3.13. The van der Waals surface area contributed by atoms with E-state index < -0.39 is 62.2 Å². The Morgan fingerprint density at radius 2 is 1.53 bits per heavy atom. The zero-order valence-electron chi connectivity index (χ0n) is 17.5. The summed E-state index contributed by atoms with van der Waals surface area (Å²) < 4.78 is 91.8. The Hall–Kier alpha value is -3.16. The highest BCUT2D eigenvalue weighted by Crippen LogP contribution is 2.42. The third-order valence-electron chi connectivity index (χ3n) is 4.71. The van der Waals surface area contributed by atoms with E-state index in [1.807, 2.05) is 0 Å². The number of hydrogen-bond donors (Lipinski definition) is 1. The minimum Gasteiger partial charge on any atom is -0.497 e. The van der Waals surface area contributed by atoms with Gasteiger partial charge in [-0.25, -0.2) is 4.68 Å². The third kappa shape index (κ3) is 4.77. The summed E-state index contributed by atoms with van der Waals surface area (Å²) in [7, 11) is 1.38. The molecule has 2 aromatic heterocycles. The maximum Gasteiger partial charge on any atom is 0.434 e. The molecule has 2 aromatic carbocycles. The molecule has 0 aliphatic heterocycles. The van der Waals surface area contributed by atoms with Crippen LogP contribution in [0.1, 0.15) is 11.3 Å². The third-order valence-corrected chi connectivity index (χ3v) is 5.58. The number of alkyl halides is 6. The molecule has 0 amide bonds. The van der Waals surface area contributed by atoms with Crippen molar-refractivity contribution in [1.29, 1.82) is 0 Å². The van der Waals surface area contributed by atoms with Crippen molar-refractivity contribution in [1.82, 2.24) is 19.7 Å². The normalized spacial score (nSPS) is 12.3. The molecule has 0 radical (unpaired) electrons. The van der Waals surface area contributed by atoms with Crippen molar-refractivity contribution in [2.75, 3.05) is 12.8 Å². The van der Waals surface area contributed by atoms with Crippen LogP contribution in [0.5, 0.6) is 17.5 Å². The van der Waals surface area contributed by atoms with Gasteiger partial charge in [0.1, 0.15) is 23.0 Å². The molecule has 190 valence electrons. The van der Waals surface area contributed by atoms with Gasteiger partial charge in [-0.05, 0) is 24.3 Å². The van der Waals surface area contributed by atoms with Crippen LogP contribution in [0.2, 0.25) is 15.1 Å². The molecule has 0 saturated carbocycles. The summed E-state index contributed by atoms with van der Waals surface area (Å²) >= 11 is 18.0. The summed E-state index contributed by atoms with van der Waals surface area (Å²) in [5.41, 5.74) is 2.21. The molecule has 4 rings (SSSR count). The molecule has 0 bridgehead atoms. The first-order valence-corrected chi connectivity index (χ1v) is 10.6. The molecule has 0 aliphatic carbocycles. The highest BCUT2D eigenvalue weighted by Gasteiger charge is 2.39. The van der Waals surface area contributed by atoms with Gasteiger partial charge in [0.05, 0.1) is 33.1 Å². The highest BCUT2D eigenvalue weighted by molar-refractivity contribution is 6.38. The lowest BCUT2D eigenvalue weighted by molar-refractivity contribution is -0.140. The Kier molecular flexibility index (Phi) is 6.52. The lowest BCUT2D eigenvalue weighted by Crippen LogP contribution is -2.11. The fraction of sp³-hybridized carbons (Fsp3) is 0.150. The predicted octanol–water partition coefficient (Wildman–Crippen LogP) is 7.20. The molecule has 2 heterocycles. The number of anilines is 1. The SMILES string of the molecule is COc1ccc(Oc2nc(C(F)(F)F)c3c(N)n(-c4c(Cl)cc(C(F)(F)F)cc4Cl)nc3n2)c(Cl)c1. The quantitative estimate of drug-likeness (QED) is 0.260. The summed E-state index contributed by atoms with van der Waals surface area (Å²) in [6, 6.07) is 4.39. The molecule has 0 spiro atoms. The monoisotopic (exact) mass is 571 g/mol. The molecule has 0 aliphatic rings. The number of halogens is 9. The van der Waals surface area contributed by atoms with Gasteiger partial charge in [-0.1, -0.05) is 34.8 Å². The molecule has 7 nitrogen and oxygen atoms in total. The lowest BCUT2D eigenvalue weighted by Gasteiger charge is -2.13. The number of nitrogens with zero attached hydrogens (tertiary/aromatic N) is 4. The molecule has 0 fully saturated rings. The van der Waals surface area contributed by atoms with E-state index in [1.165, 1.54) is 25.3 Å². The Morgan fingerprint density at radius 3 is 2.06 bits per heavy atom. The average molecular weight is 573 g/mol. The van der Waals surface area contributed by atoms with Crippen LogP contribution >= 0.6 is 34.8 Å². The summed E-state index contributed by atoms with van der Waals surface area (Å²) in [5.74, 6) is -0.405. The summed E-state index contributed by atoms with van der Waals surface area (Å²) in [5, 5.41) is 1.97. The second-order valence-electron chi connectivity index (χ2n) is 7.03. The zero-order chi connectivity index (χ0) is 26.6. The fourth-order valence-corrected chi connectivity index (χ4v) is 3.99. The molecule has 0 atom stereocenters. The first-order valence-electron chi connectivity index (χ1n) is 9.42. The van der Waals surface area contributed by atoms with Crippen molar-refractivity contribution in [3.05, 3.63) is 56.7 Å². The van der Waals surface area contributed by atoms with E-state index in [-0.39, 0.29) is 10.8 Å². The Morgan fingerprint density at radius 1 is 0.889 bits per heavy atom. The van der Waals surface area contributed by atoms with Crippen LogP contribution in [0.25, 0.3) is 16.7 Å². The van der Waals surface area contributed by atoms with Gasteiger partial charge < -0.3 is 15.2 Å². The first-order chi connectivity index (χ1) is 16.7. The number of benzene rings is 2. The number of ether oxygens (including phenoxy) is 2. The molecule has 16 heteroatoms. The second-order valence-corrected chi connectivity index (χ2v) is 8.25. The number of methoxy groups -OCH3 is 1. The molecule has 0 unspecified atom stereocenters. The van der Waals surface area contributed by atoms with Gasteiger partial charge in [0.25, 0.3) is 0 Å². The van der Waals surface area contributed by atoms with E-state index in [0.29, 0.717) is 22.6 Å². The van der Waals surface area contributed by atoms with Crippen LogP contribution in [-0.2, 0) is 12.4 Å². The van der Waals surface area contributed by atoms with E-state index in [2.05, 4.69) is 15.1 Å². The van der Waals surface area contributed by atoms with Crippen LogP contribution in [0.4, 0.5) is 32.2 Å². The van der Waals surface area contributed by atoms with E-state index in [4.69, 9.17) is 50.0 Å². The second kappa shape index (κ2) is 9.05. The van der Waals surface area contributed by atoms with Gasteiger partial charge >= 0.3 is 18.4 Å². The number of nitrogen functional groups attached to an aromatic ring is 1. The first kappa shape index (κ1) is 25.9. The molecule has 0 saturated heterocycles. The lowest BCUT2D eigenvalue weighted by atomic mass is 10.2. The van der Waals surface area contributed by atoms with Crippen molar-refractivity contribution < 1.29 is 35.8 Å². The smallest absolute Gasteiger partial charge is 0.434 e. The van der Waals surface area contributed by atoms with Crippen molar-refractivity contribution in [2.45, 2.75) is 12.4 Å². The van der Waals surface area contributed by atoms with E-state index in [0.717, 1.165) is 0 Å². The standard InChI is InChI=1S/C20H10Cl3F6N5O2/c1-35-8-2-3-12(9(21)6-8)36-18-31-15(20(27,28)29)13-16(30)34(33-17(13)32-18)14-10(22)4-7(5-11(14)23)19(24,25)26/h2-6H,30H2,1H3. The number of rotatable bonds is 4. The highest BCUT2D eigenvalue weighted by atomic mass is 35.5. The topological polar surface area (TPSA) is 88.1 Å². The maximum absolute atomic E-state index is 13.9. The maximum atomic E-state index is 13.9. The summed E-state index contributed by atoms with van der Waals surface area (Å²) in [6.07, 6.45) is -9.84. The number of nitrogens with two attached hydrogens (primary N) is 1. The van der Waals surface area contributed by atoms with Gasteiger partial charge in [0.15, 0.2) is 11.3 Å². The summed E-state index contributed by atoms with van der Waals surface area (Å²) in [4.78, 5) is 7.26. The Bertz CT molecular complexity index is 1470. The van der Waals surface area contributed by atoms with Crippen LogP contribution in [0.3, 0.4) is 0 Å². The summed E-state index contributed by atoms with van der Waals surface area (Å²) in [6.45, 7) is 0. The van der Waals surface area contributed by atoms with Crippen molar-refractivity contribution >= 4 is 51.7 Å². The van der Waals surface area contributed by atoms with Gasteiger partial charge in [-0.15, -0.1) is 5.10 Å². The van der Waals surface area contributed by atoms with Crippen LogP contribution in [0.15, 0.2) is 30.3 Å². The molecule has 2 N–H and O–H groups in total. The molecular weight excluding hydrogens is 563 g/mol. The number of aromatic nitrogens is 4. The Balaban J connectivity index is 1.90. The largest absolute Gasteiger partial charge is 0.497 e. The minimum absolute atomic E-state index is 0.0139. The number of hydrogen-bond acceptors (Lipinski definition) is 6. The van der Waals surface area contributed by atoms with Crippen molar-refractivity contribution in [3.63, 3.8) is 0 Å². The van der Waals surface area contributed by atoms with Crippen LogP contribution in [0, 0.1) is 0 Å². The Labute approximate surface area is 212 Å². The van der Waals surface area contributed by atoms with E-state index in [9.17, 15) is 26.3 Å². The van der Waals surface area contributed by atoms with Gasteiger partial charge in [-0.2, -0.15) is 36.3 Å². The van der Waals surface area contributed by atoms with Crippen molar-refractivity contribution in [2.24, 2.45) is 0 Å². The minimum atomic E-state index is -5.06. The van der Waals surface area contributed by atoms with Gasteiger partial charge in [-0.3, -0.25) is 0 Å². The van der Waals surface area contributed by atoms with Gasteiger partial charge in [0.2, 0.25) is 0 Å². The predicted molar refractivity (Wildman–Crippen MR) is 119 cm³/mol. The van der Waals surface area contributed by atoms with Crippen LogP contribution in [-0.4, -0.2) is 26.9 Å². The molecular formula is C20H10Cl3F6N5O2. The van der Waals surface area contributed by atoms with E-state index in [1.54, 1.807) is 0 Å². The average Bonchev–Trinajstić information content (AvgIpc) is 3.08. The molecule has 4 aromatic rings.